The summed E-state index contributed by atoms with van der Waals surface area (Å²) in [6.07, 6.45) is 0.583. The van der Waals surface area contributed by atoms with Crippen molar-refractivity contribution in [2.45, 2.75) is 26.0 Å². The fraction of sp³-hybridized carbons (Fsp3) is 1.00. The summed E-state index contributed by atoms with van der Waals surface area (Å²) >= 11 is 0. The number of aliphatic hydroxyl groups is 2. The number of rotatable bonds is 4. The van der Waals surface area contributed by atoms with Crippen LogP contribution in [-0.2, 0) is 0 Å². The highest BCUT2D eigenvalue weighted by Gasteiger charge is 2.07. The third kappa shape index (κ3) is 4.39. The Morgan fingerprint density at radius 3 is 2.22 bits per heavy atom. The van der Waals surface area contributed by atoms with E-state index in [1.54, 1.807) is 0 Å². The Kier molecular flexibility index (Phi) is 4.67. The zero-order valence-electron chi connectivity index (χ0n) is 5.75. The van der Waals surface area contributed by atoms with Crippen molar-refractivity contribution in [1.82, 2.24) is 0 Å². The van der Waals surface area contributed by atoms with Crippen molar-refractivity contribution in [3.05, 3.63) is 0 Å². The van der Waals surface area contributed by atoms with E-state index in [9.17, 15) is 0 Å². The first kappa shape index (κ1) is 8.88. The second-order valence-electron chi connectivity index (χ2n) is 2.26. The highest BCUT2D eigenvalue weighted by atomic mass is 16.3. The number of hydrogen-bond acceptors (Lipinski definition) is 3. The predicted octanol–water partition coefficient (Wildman–Crippen LogP) is -0.328. The van der Waals surface area contributed by atoms with Crippen molar-refractivity contribution in [3.63, 3.8) is 0 Å². The summed E-state index contributed by atoms with van der Waals surface area (Å²) in [6.45, 7) is 2.08. The minimum absolute atomic E-state index is 0.116. The van der Waals surface area contributed by atoms with E-state index in [-0.39, 0.29) is 12.5 Å². The Morgan fingerprint density at radius 2 is 2.11 bits per heavy atom. The van der Waals surface area contributed by atoms with Crippen LogP contribution >= 0.6 is 0 Å². The highest BCUT2D eigenvalue weighted by Crippen LogP contribution is 2.06. The van der Waals surface area contributed by atoms with E-state index in [4.69, 9.17) is 15.9 Å². The zero-order valence-corrected chi connectivity index (χ0v) is 5.75. The van der Waals surface area contributed by atoms with Crippen LogP contribution in [0.25, 0.3) is 0 Å². The first-order valence-corrected chi connectivity index (χ1v) is 3.25. The van der Waals surface area contributed by atoms with Gasteiger partial charge in [0.25, 0.3) is 0 Å². The minimum atomic E-state index is -0.776. The molecule has 0 saturated heterocycles. The van der Waals surface area contributed by atoms with Crippen LogP contribution in [0, 0.1) is 5.92 Å². The van der Waals surface area contributed by atoms with Gasteiger partial charge < -0.3 is 15.9 Å². The van der Waals surface area contributed by atoms with Gasteiger partial charge in [-0.15, -0.1) is 0 Å². The van der Waals surface area contributed by atoms with Crippen LogP contribution in [0.1, 0.15) is 19.8 Å². The second-order valence-corrected chi connectivity index (χ2v) is 2.26. The van der Waals surface area contributed by atoms with E-state index in [1.807, 2.05) is 6.92 Å². The van der Waals surface area contributed by atoms with Crippen LogP contribution in [0.4, 0.5) is 0 Å². The molecule has 0 heterocycles. The molecule has 0 aliphatic carbocycles. The van der Waals surface area contributed by atoms with Crippen molar-refractivity contribution in [3.8, 4) is 0 Å². The molecule has 3 heteroatoms. The number of nitrogens with two attached hydrogens (primary N) is 1. The van der Waals surface area contributed by atoms with Crippen LogP contribution in [0.15, 0.2) is 0 Å². The van der Waals surface area contributed by atoms with Crippen LogP contribution in [-0.4, -0.2) is 23.0 Å². The van der Waals surface area contributed by atoms with Crippen molar-refractivity contribution >= 4 is 0 Å². The molecule has 0 aromatic heterocycles. The smallest absolute Gasteiger partial charge is 0.102 e. The third-order valence-electron chi connectivity index (χ3n) is 1.41. The fourth-order valence-corrected chi connectivity index (χ4v) is 0.712. The maximum Gasteiger partial charge on any atom is 0.102 e. The van der Waals surface area contributed by atoms with E-state index < -0.39 is 6.23 Å². The Balaban J connectivity index is 3.31. The Morgan fingerprint density at radius 1 is 1.56 bits per heavy atom. The lowest BCUT2D eigenvalue weighted by atomic mass is 10.0. The van der Waals surface area contributed by atoms with E-state index in [0.717, 1.165) is 6.42 Å². The standard InChI is InChI=1S/C6H15NO2/c1-2-5(4-8)3-6(7)9/h5-6,8-9H,2-4,7H2,1H3. The van der Waals surface area contributed by atoms with E-state index >= 15 is 0 Å². The first-order chi connectivity index (χ1) is 4.20. The van der Waals surface area contributed by atoms with Gasteiger partial charge in [0.15, 0.2) is 0 Å². The molecule has 0 aromatic carbocycles. The molecule has 0 aliphatic heterocycles. The zero-order chi connectivity index (χ0) is 7.28. The van der Waals surface area contributed by atoms with Gasteiger partial charge in [0, 0.05) is 6.61 Å². The Bertz CT molecular complexity index is 62.1. The molecule has 0 fully saturated rings. The largest absolute Gasteiger partial charge is 0.396 e. The molecule has 56 valence electrons. The molecular weight excluding hydrogens is 118 g/mol. The molecule has 0 aliphatic rings. The molecule has 3 nitrogen and oxygen atoms in total. The molecule has 0 bridgehead atoms. The van der Waals surface area contributed by atoms with Gasteiger partial charge >= 0.3 is 0 Å². The molecule has 0 aromatic rings. The van der Waals surface area contributed by atoms with E-state index in [0.29, 0.717) is 6.42 Å². The lowest BCUT2D eigenvalue weighted by Crippen LogP contribution is -2.23. The number of aliphatic hydroxyl groups excluding tert-OH is 2. The normalized spacial score (nSPS) is 17.3. The monoisotopic (exact) mass is 133 g/mol. The van der Waals surface area contributed by atoms with Gasteiger partial charge in [-0.25, -0.2) is 0 Å². The summed E-state index contributed by atoms with van der Waals surface area (Å²) < 4.78 is 0. The minimum Gasteiger partial charge on any atom is -0.396 e. The summed E-state index contributed by atoms with van der Waals surface area (Å²) in [5, 5.41) is 17.3. The molecule has 0 amide bonds. The van der Waals surface area contributed by atoms with Crippen LogP contribution < -0.4 is 5.73 Å². The highest BCUT2D eigenvalue weighted by molar-refractivity contribution is 4.57. The lowest BCUT2D eigenvalue weighted by molar-refractivity contribution is 0.119. The summed E-state index contributed by atoms with van der Waals surface area (Å²) in [5.74, 6) is 0.157. The molecule has 0 radical (unpaired) electrons. The van der Waals surface area contributed by atoms with Crippen LogP contribution in [0.2, 0.25) is 0 Å². The Hall–Kier alpha value is -0.120. The summed E-state index contributed by atoms with van der Waals surface area (Å²) in [7, 11) is 0. The van der Waals surface area contributed by atoms with Gasteiger partial charge in [-0.05, 0) is 12.3 Å². The average Bonchev–Trinajstić information content (AvgIpc) is 1.82. The van der Waals surface area contributed by atoms with Gasteiger partial charge in [0.2, 0.25) is 0 Å². The lowest BCUT2D eigenvalue weighted by Gasteiger charge is -2.12. The molecule has 2 atom stereocenters. The average molecular weight is 133 g/mol. The van der Waals surface area contributed by atoms with Gasteiger partial charge in [0.1, 0.15) is 6.23 Å². The molecule has 0 saturated carbocycles. The SMILES string of the molecule is CCC(CO)CC(N)O. The fourth-order valence-electron chi connectivity index (χ4n) is 0.712. The Labute approximate surface area is 55.5 Å². The van der Waals surface area contributed by atoms with Crippen molar-refractivity contribution in [2.24, 2.45) is 11.7 Å². The number of hydrogen-bond donors (Lipinski definition) is 3. The maximum absolute atomic E-state index is 8.65. The van der Waals surface area contributed by atoms with Gasteiger partial charge in [-0.3, -0.25) is 0 Å². The van der Waals surface area contributed by atoms with Gasteiger partial charge in [0.05, 0.1) is 0 Å². The van der Waals surface area contributed by atoms with Crippen molar-refractivity contribution in [2.75, 3.05) is 6.61 Å². The topological polar surface area (TPSA) is 66.5 Å². The van der Waals surface area contributed by atoms with Crippen molar-refractivity contribution < 1.29 is 10.2 Å². The first-order valence-electron chi connectivity index (χ1n) is 3.25. The van der Waals surface area contributed by atoms with E-state index in [2.05, 4.69) is 0 Å². The summed E-state index contributed by atoms with van der Waals surface area (Å²) in [5.41, 5.74) is 5.09. The van der Waals surface area contributed by atoms with Crippen LogP contribution in [0.3, 0.4) is 0 Å². The summed E-state index contributed by atoms with van der Waals surface area (Å²) in [4.78, 5) is 0. The quantitative estimate of drug-likeness (QED) is 0.460. The summed E-state index contributed by atoms with van der Waals surface area (Å²) in [6, 6.07) is 0. The van der Waals surface area contributed by atoms with Gasteiger partial charge in [-0.1, -0.05) is 13.3 Å². The predicted molar refractivity (Wildman–Crippen MR) is 35.7 cm³/mol. The molecule has 4 N–H and O–H groups in total. The van der Waals surface area contributed by atoms with Gasteiger partial charge in [-0.2, -0.15) is 0 Å². The molecule has 2 unspecified atom stereocenters. The van der Waals surface area contributed by atoms with E-state index in [1.165, 1.54) is 0 Å². The third-order valence-corrected chi connectivity index (χ3v) is 1.41. The van der Waals surface area contributed by atoms with Crippen molar-refractivity contribution in [1.29, 1.82) is 0 Å². The molecular formula is C6H15NO2. The maximum atomic E-state index is 8.65. The molecule has 0 spiro atoms. The molecule has 0 rings (SSSR count). The molecule has 9 heavy (non-hydrogen) atoms. The second kappa shape index (κ2) is 4.73. The van der Waals surface area contributed by atoms with Crippen LogP contribution in [0.5, 0.6) is 0 Å².